The Hall–Kier alpha value is -2.22. The van der Waals surface area contributed by atoms with Crippen LogP contribution in [0.15, 0.2) is 21.3 Å². The molecule has 0 radical (unpaired) electrons. The lowest BCUT2D eigenvalue weighted by Crippen LogP contribution is -2.60. The minimum absolute atomic E-state index is 0.0555. The summed E-state index contributed by atoms with van der Waals surface area (Å²) in [7, 11) is 0. The highest BCUT2D eigenvalue weighted by Gasteiger charge is 2.51. The Morgan fingerprint density at radius 1 is 1.21 bits per heavy atom. The number of ether oxygens (including phenoxy) is 1. The van der Waals surface area contributed by atoms with Gasteiger partial charge in [-0.1, -0.05) is 5.16 Å². The average molecular weight is 416 g/mol. The quantitative estimate of drug-likeness (QED) is 0.697. The van der Waals surface area contributed by atoms with Crippen LogP contribution >= 0.6 is 11.3 Å². The van der Waals surface area contributed by atoms with Gasteiger partial charge in [0.25, 0.3) is 5.91 Å². The maximum atomic E-state index is 12.4. The second-order valence-electron chi connectivity index (χ2n) is 8.93. The van der Waals surface area contributed by atoms with Gasteiger partial charge >= 0.3 is 5.97 Å². The van der Waals surface area contributed by atoms with Gasteiger partial charge in [-0.25, -0.2) is 0 Å². The number of aromatic nitrogens is 2. The van der Waals surface area contributed by atoms with Crippen molar-refractivity contribution in [3.63, 3.8) is 0 Å². The third-order valence-corrected chi connectivity index (χ3v) is 7.28. The van der Waals surface area contributed by atoms with Crippen molar-refractivity contribution in [1.29, 1.82) is 0 Å². The number of carbonyl (C=O) groups is 2. The lowest BCUT2D eigenvalue weighted by Gasteiger charge is -2.56. The zero-order valence-electron chi connectivity index (χ0n) is 16.3. The molecule has 0 atom stereocenters. The van der Waals surface area contributed by atoms with Crippen molar-refractivity contribution in [2.45, 2.75) is 56.9 Å². The zero-order chi connectivity index (χ0) is 19.8. The van der Waals surface area contributed by atoms with Gasteiger partial charge in [-0.05, 0) is 67.7 Å². The molecule has 4 saturated carbocycles. The first-order chi connectivity index (χ1) is 14.1. The third kappa shape index (κ3) is 4.08. The van der Waals surface area contributed by atoms with E-state index in [1.807, 2.05) is 16.8 Å². The molecule has 0 aliphatic heterocycles. The Balaban J connectivity index is 1.07. The van der Waals surface area contributed by atoms with E-state index in [9.17, 15) is 9.59 Å². The van der Waals surface area contributed by atoms with Crippen LogP contribution in [0.25, 0.3) is 11.4 Å². The fourth-order valence-corrected chi connectivity index (χ4v) is 6.52. The van der Waals surface area contributed by atoms with E-state index in [1.165, 1.54) is 19.3 Å². The molecule has 29 heavy (non-hydrogen) atoms. The molecule has 4 aliphatic carbocycles. The van der Waals surface area contributed by atoms with Gasteiger partial charge in [0.05, 0.1) is 6.42 Å². The summed E-state index contributed by atoms with van der Waals surface area (Å²) in [6.07, 6.45) is 7.64. The molecular formula is C21H25N3O4S. The number of esters is 1. The zero-order valence-corrected chi connectivity index (χ0v) is 17.1. The van der Waals surface area contributed by atoms with Crippen LogP contribution in [0, 0.1) is 17.8 Å². The molecule has 0 aromatic carbocycles. The van der Waals surface area contributed by atoms with Crippen molar-refractivity contribution in [3.05, 3.63) is 22.7 Å². The second-order valence-corrected chi connectivity index (χ2v) is 9.71. The van der Waals surface area contributed by atoms with E-state index >= 15 is 0 Å². The molecule has 2 aromatic heterocycles. The smallest absolute Gasteiger partial charge is 0.306 e. The SMILES string of the molecule is O=C(COC(=O)CCc1nc(-c2ccsc2)no1)NC12CC3CC(CC(C3)C1)C2. The minimum atomic E-state index is -0.430. The van der Waals surface area contributed by atoms with E-state index in [1.54, 1.807) is 11.3 Å². The molecule has 7 nitrogen and oxygen atoms in total. The van der Waals surface area contributed by atoms with Gasteiger partial charge in [-0.2, -0.15) is 16.3 Å². The Morgan fingerprint density at radius 3 is 2.59 bits per heavy atom. The average Bonchev–Trinajstić information content (AvgIpc) is 3.34. The molecule has 4 aliphatic rings. The lowest BCUT2D eigenvalue weighted by atomic mass is 9.53. The van der Waals surface area contributed by atoms with E-state index in [4.69, 9.17) is 9.26 Å². The monoisotopic (exact) mass is 415 g/mol. The van der Waals surface area contributed by atoms with E-state index in [2.05, 4.69) is 15.5 Å². The molecule has 4 bridgehead atoms. The van der Waals surface area contributed by atoms with Gasteiger partial charge in [-0.15, -0.1) is 0 Å². The van der Waals surface area contributed by atoms with E-state index in [0.29, 0.717) is 18.1 Å². The maximum absolute atomic E-state index is 12.4. The first-order valence-corrected chi connectivity index (χ1v) is 11.3. The van der Waals surface area contributed by atoms with Gasteiger partial charge in [0, 0.05) is 22.9 Å². The third-order valence-electron chi connectivity index (χ3n) is 6.60. The molecular weight excluding hydrogens is 390 g/mol. The van der Waals surface area contributed by atoms with Gasteiger partial charge in [0.15, 0.2) is 6.61 Å². The Morgan fingerprint density at radius 2 is 1.93 bits per heavy atom. The molecule has 0 saturated heterocycles. The first-order valence-electron chi connectivity index (χ1n) is 10.4. The maximum Gasteiger partial charge on any atom is 0.306 e. The molecule has 1 amide bonds. The molecule has 6 rings (SSSR count). The van der Waals surface area contributed by atoms with Crippen molar-refractivity contribution in [2.75, 3.05) is 6.61 Å². The minimum Gasteiger partial charge on any atom is -0.456 e. The fourth-order valence-electron chi connectivity index (χ4n) is 5.89. The highest BCUT2D eigenvalue weighted by atomic mass is 32.1. The van der Waals surface area contributed by atoms with Crippen LogP contribution in [0.3, 0.4) is 0 Å². The summed E-state index contributed by atoms with van der Waals surface area (Å²) < 4.78 is 10.4. The summed E-state index contributed by atoms with van der Waals surface area (Å²) in [6.45, 7) is -0.218. The highest BCUT2D eigenvalue weighted by molar-refractivity contribution is 7.08. The van der Waals surface area contributed by atoms with Gasteiger partial charge in [0.2, 0.25) is 11.7 Å². The number of nitrogens with one attached hydrogen (secondary N) is 1. The van der Waals surface area contributed by atoms with Crippen LogP contribution in [0.5, 0.6) is 0 Å². The predicted octanol–water partition coefficient (Wildman–Crippen LogP) is 3.36. The van der Waals surface area contributed by atoms with Crippen LogP contribution in [0.4, 0.5) is 0 Å². The largest absolute Gasteiger partial charge is 0.456 e. The number of hydrogen-bond acceptors (Lipinski definition) is 7. The molecule has 0 unspecified atom stereocenters. The topological polar surface area (TPSA) is 94.3 Å². The van der Waals surface area contributed by atoms with Crippen LogP contribution < -0.4 is 5.32 Å². The van der Waals surface area contributed by atoms with Crippen molar-refractivity contribution in [1.82, 2.24) is 15.5 Å². The van der Waals surface area contributed by atoms with Crippen molar-refractivity contribution >= 4 is 23.2 Å². The molecule has 154 valence electrons. The number of carbonyl (C=O) groups excluding carboxylic acids is 2. The van der Waals surface area contributed by atoms with Crippen LogP contribution in [-0.4, -0.2) is 34.2 Å². The summed E-state index contributed by atoms with van der Waals surface area (Å²) in [5, 5.41) is 11.0. The first kappa shape index (κ1) is 18.8. The Labute approximate surface area is 173 Å². The lowest BCUT2D eigenvalue weighted by molar-refractivity contribution is -0.150. The van der Waals surface area contributed by atoms with Crippen LogP contribution in [0.2, 0.25) is 0 Å². The molecule has 2 heterocycles. The van der Waals surface area contributed by atoms with Crippen molar-refractivity contribution < 1.29 is 18.8 Å². The van der Waals surface area contributed by atoms with Crippen molar-refractivity contribution in [2.24, 2.45) is 17.8 Å². The summed E-state index contributed by atoms with van der Waals surface area (Å²) >= 11 is 1.56. The van der Waals surface area contributed by atoms with Crippen LogP contribution in [0.1, 0.15) is 50.8 Å². The normalized spacial score (nSPS) is 29.7. The number of amides is 1. The van der Waals surface area contributed by atoms with E-state index in [0.717, 1.165) is 42.6 Å². The highest BCUT2D eigenvalue weighted by Crippen LogP contribution is 2.55. The summed E-state index contributed by atoms with van der Waals surface area (Å²) in [5.41, 5.74) is 0.842. The Kier molecular flexibility index (Phi) is 4.89. The molecule has 2 aromatic rings. The number of thiophene rings is 1. The Bertz CT molecular complexity index is 856. The van der Waals surface area contributed by atoms with Gasteiger partial charge < -0.3 is 14.6 Å². The second kappa shape index (κ2) is 7.55. The summed E-state index contributed by atoms with van der Waals surface area (Å²) in [4.78, 5) is 28.7. The molecule has 8 heteroatoms. The standard InChI is InChI=1S/C21H25N3O4S/c25-17(23-21-8-13-5-14(9-21)7-15(6-13)10-21)11-27-19(26)2-1-18-22-20(24-28-18)16-3-4-29-12-16/h3-4,12-15H,1-2,5-11H2,(H,23,25). The van der Waals surface area contributed by atoms with E-state index < -0.39 is 5.97 Å². The van der Waals surface area contributed by atoms with E-state index in [-0.39, 0.29) is 24.5 Å². The number of rotatable bonds is 7. The number of nitrogens with zero attached hydrogens (tertiary/aromatic N) is 2. The van der Waals surface area contributed by atoms with Crippen LogP contribution in [-0.2, 0) is 20.7 Å². The van der Waals surface area contributed by atoms with Gasteiger partial charge in [-0.3, -0.25) is 9.59 Å². The number of hydrogen-bond donors (Lipinski definition) is 1. The fraction of sp³-hybridized carbons (Fsp3) is 0.619. The molecule has 0 spiro atoms. The van der Waals surface area contributed by atoms with Gasteiger partial charge in [0.1, 0.15) is 0 Å². The summed E-state index contributed by atoms with van der Waals surface area (Å²) in [5.74, 6) is 2.58. The molecule has 4 fully saturated rings. The number of aryl methyl sites for hydroxylation is 1. The summed E-state index contributed by atoms with van der Waals surface area (Å²) in [6, 6.07) is 1.91. The molecule has 1 N–H and O–H groups in total. The van der Waals surface area contributed by atoms with Crippen molar-refractivity contribution in [3.8, 4) is 11.4 Å². The predicted molar refractivity (Wildman–Crippen MR) is 106 cm³/mol.